The molecule has 0 radical (unpaired) electrons. The Kier molecular flexibility index (Phi) is 10.5. The lowest BCUT2D eigenvalue weighted by Crippen LogP contribution is -2.54. The van der Waals surface area contributed by atoms with Crippen LogP contribution in [0.2, 0.25) is 0 Å². The van der Waals surface area contributed by atoms with Gasteiger partial charge in [0, 0.05) is 6.54 Å². The van der Waals surface area contributed by atoms with Crippen molar-refractivity contribution in [1.29, 1.82) is 0 Å². The number of aldehydes is 1. The first kappa shape index (κ1) is 26.3. The van der Waals surface area contributed by atoms with Crippen molar-refractivity contribution >= 4 is 24.1 Å². The van der Waals surface area contributed by atoms with Crippen LogP contribution < -0.4 is 27.8 Å². The van der Waals surface area contributed by atoms with Gasteiger partial charge in [-0.1, -0.05) is 42.5 Å². The topological polar surface area (TPSA) is 186 Å². The standard InChI is InChI=1S/C24H32N6O4/c25-20(14-17-8-10-19(32)11-9-17)22(33)30-21(7-4-12-28-24(26)27)23(34)29-18(15-31)13-16-5-2-1-3-6-16/h1-3,5-6,8-11,15,18,20-21,32H,4,7,12-14,25H2,(H,29,34)(H,30,33)(H4,26,27,28)/t18-,20-,21+/m0/s1. The normalized spacial score (nSPS) is 13.2. The fourth-order valence-electron chi connectivity index (χ4n) is 3.31. The first-order valence-corrected chi connectivity index (χ1v) is 11.0. The van der Waals surface area contributed by atoms with E-state index in [4.69, 9.17) is 17.2 Å². The maximum atomic E-state index is 12.9. The molecule has 0 aliphatic heterocycles. The van der Waals surface area contributed by atoms with Crippen molar-refractivity contribution < 1.29 is 19.5 Å². The first-order valence-electron chi connectivity index (χ1n) is 11.0. The number of carbonyl (C=O) groups excluding carboxylic acids is 3. The van der Waals surface area contributed by atoms with Crippen LogP contribution in [-0.4, -0.2) is 53.8 Å². The number of guanidine groups is 1. The minimum Gasteiger partial charge on any atom is -0.508 e. The van der Waals surface area contributed by atoms with Gasteiger partial charge in [0.1, 0.15) is 18.1 Å². The van der Waals surface area contributed by atoms with E-state index in [0.717, 1.165) is 11.1 Å². The number of hydrogen-bond acceptors (Lipinski definition) is 6. The molecule has 0 aromatic heterocycles. The molecule has 0 fully saturated rings. The second-order valence-electron chi connectivity index (χ2n) is 7.93. The Morgan fingerprint density at radius 1 is 0.941 bits per heavy atom. The number of carbonyl (C=O) groups is 3. The van der Waals surface area contributed by atoms with Gasteiger partial charge >= 0.3 is 0 Å². The number of rotatable bonds is 13. The molecule has 0 aliphatic rings. The minimum atomic E-state index is -0.925. The zero-order valence-corrected chi connectivity index (χ0v) is 18.9. The van der Waals surface area contributed by atoms with E-state index < -0.39 is 29.9 Å². The molecule has 2 rings (SSSR count). The van der Waals surface area contributed by atoms with Crippen LogP contribution in [-0.2, 0) is 27.2 Å². The molecule has 182 valence electrons. The fraction of sp³-hybridized carbons (Fsp3) is 0.333. The Morgan fingerprint density at radius 2 is 1.59 bits per heavy atom. The van der Waals surface area contributed by atoms with Crippen LogP contribution in [0.1, 0.15) is 24.0 Å². The Bertz CT molecular complexity index is 961. The number of aliphatic imine (C=N–C) groups is 1. The fourth-order valence-corrected chi connectivity index (χ4v) is 3.31. The summed E-state index contributed by atoms with van der Waals surface area (Å²) in [6.07, 6.45) is 1.88. The number of hydrogen-bond donors (Lipinski definition) is 6. The summed E-state index contributed by atoms with van der Waals surface area (Å²) in [7, 11) is 0. The first-order chi connectivity index (χ1) is 16.3. The molecule has 0 saturated heterocycles. The van der Waals surface area contributed by atoms with Gasteiger partial charge in [-0.15, -0.1) is 0 Å². The number of phenolic OH excluding ortho intramolecular Hbond substituents is 1. The van der Waals surface area contributed by atoms with E-state index in [-0.39, 0.29) is 31.1 Å². The summed E-state index contributed by atoms with van der Waals surface area (Å²) in [5.74, 6) is -0.965. The number of aromatic hydroxyl groups is 1. The molecular weight excluding hydrogens is 436 g/mol. The van der Waals surface area contributed by atoms with E-state index >= 15 is 0 Å². The Morgan fingerprint density at radius 3 is 2.21 bits per heavy atom. The third kappa shape index (κ3) is 9.29. The Balaban J connectivity index is 2.03. The van der Waals surface area contributed by atoms with E-state index in [2.05, 4.69) is 15.6 Å². The molecule has 0 heterocycles. The summed E-state index contributed by atoms with van der Waals surface area (Å²) in [4.78, 5) is 41.1. The molecule has 10 nitrogen and oxygen atoms in total. The number of amides is 2. The molecule has 34 heavy (non-hydrogen) atoms. The molecule has 0 aliphatic carbocycles. The summed E-state index contributed by atoms with van der Waals surface area (Å²) >= 11 is 0. The molecule has 0 spiro atoms. The van der Waals surface area contributed by atoms with Crippen molar-refractivity contribution in [3.8, 4) is 5.75 Å². The third-order valence-electron chi connectivity index (χ3n) is 5.10. The summed E-state index contributed by atoms with van der Waals surface area (Å²) in [5.41, 5.74) is 18.4. The van der Waals surface area contributed by atoms with Gasteiger partial charge in [-0.25, -0.2) is 0 Å². The van der Waals surface area contributed by atoms with Gasteiger partial charge in [-0.05, 0) is 48.9 Å². The molecule has 3 atom stereocenters. The largest absolute Gasteiger partial charge is 0.508 e. The second-order valence-corrected chi connectivity index (χ2v) is 7.93. The SMILES string of the molecule is NC(N)=NCCC[C@@H](NC(=O)[C@@H](N)Cc1ccc(O)cc1)C(=O)N[C@H](C=O)Cc1ccccc1. The van der Waals surface area contributed by atoms with Crippen LogP contribution in [0.4, 0.5) is 0 Å². The maximum Gasteiger partial charge on any atom is 0.243 e. The van der Waals surface area contributed by atoms with Gasteiger partial charge in [-0.2, -0.15) is 0 Å². The number of benzene rings is 2. The highest BCUT2D eigenvalue weighted by Gasteiger charge is 2.25. The van der Waals surface area contributed by atoms with E-state index in [9.17, 15) is 19.5 Å². The number of nitrogens with zero attached hydrogens (tertiary/aromatic N) is 1. The number of phenols is 1. The van der Waals surface area contributed by atoms with Gasteiger partial charge in [0.25, 0.3) is 0 Å². The van der Waals surface area contributed by atoms with Gasteiger partial charge < -0.3 is 37.7 Å². The van der Waals surface area contributed by atoms with Gasteiger partial charge in [0.15, 0.2) is 5.96 Å². The highest BCUT2D eigenvalue weighted by atomic mass is 16.3. The zero-order chi connectivity index (χ0) is 24.9. The molecule has 2 aromatic rings. The van der Waals surface area contributed by atoms with E-state index in [1.54, 1.807) is 12.1 Å². The van der Waals surface area contributed by atoms with Crippen molar-refractivity contribution in [3.63, 3.8) is 0 Å². The average Bonchev–Trinajstić information content (AvgIpc) is 2.82. The van der Waals surface area contributed by atoms with E-state index in [1.807, 2.05) is 30.3 Å². The van der Waals surface area contributed by atoms with Crippen LogP contribution in [0.3, 0.4) is 0 Å². The predicted octanol–water partition coefficient (Wildman–Crippen LogP) is -0.273. The summed E-state index contributed by atoms with van der Waals surface area (Å²) in [5, 5.41) is 14.8. The number of nitrogens with one attached hydrogen (secondary N) is 2. The van der Waals surface area contributed by atoms with Crippen LogP contribution in [0.5, 0.6) is 5.75 Å². The van der Waals surface area contributed by atoms with Crippen LogP contribution in [0.15, 0.2) is 59.6 Å². The average molecular weight is 469 g/mol. The molecule has 9 N–H and O–H groups in total. The summed E-state index contributed by atoms with van der Waals surface area (Å²) in [6, 6.07) is 13.0. The maximum absolute atomic E-state index is 12.9. The van der Waals surface area contributed by atoms with Gasteiger partial charge in [0.05, 0.1) is 12.1 Å². The second kappa shape index (κ2) is 13.6. The summed E-state index contributed by atoms with van der Waals surface area (Å²) < 4.78 is 0. The molecule has 0 saturated carbocycles. The van der Waals surface area contributed by atoms with Crippen molar-refractivity contribution in [3.05, 3.63) is 65.7 Å². The van der Waals surface area contributed by atoms with Crippen molar-refractivity contribution in [1.82, 2.24) is 10.6 Å². The van der Waals surface area contributed by atoms with Crippen LogP contribution in [0, 0.1) is 0 Å². The number of nitrogens with two attached hydrogens (primary N) is 3. The molecule has 2 amide bonds. The predicted molar refractivity (Wildman–Crippen MR) is 130 cm³/mol. The Hall–Kier alpha value is -3.92. The summed E-state index contributed by atoms with van der Waals surface area (Å²) in [6.45, 7) is 0.280. The quantitative estimate of drug-likeness (QED) is 0.101. The van der Waals surface area contributed by atoms with Crippen molar-refractivity contribution in [2.45, 2.75) is 43.8 Å². The van der Waals surface area contributed by atoms with Crippen molar-refractivity contribution in [2.75, 3.05) is 6.54 Å². The zero-order valence-electron chi connectivity index (χ0n) is 18.9. The molecule has 2 aromatic carbocycles. The van der Waals surface area contributed by atoms with Crippen LogP contribution >= 0.6 is 0 Å². The smallest absolute Gasteiger partial charge is 0.243 e. The molecule has 10 heteroatoms. The highest BCUT2D eigenvalue weighted by Crippen LogP contribution is 2.11. The van der Waals surface area contributed by atoms with E-state index in [0.29, 0.717) is 19.1 Å². The highest BCUT2D eigenvalue weighted by molar-refractivity contribution is 5.91. The van der Waals surface area contributed by atoms with Gasteiger partial charge in [0.2, 0.25) is 11.8 Å². The molecular formula is C24H32N6O4. The minimum absolute atomic E-state index is 0.0650. The monoisotopic (exact) mass is 468 g/mol. The van der Waals surface area contributed by atoms with E-state index in [1.165, 1.54) is 12.1 Å². The molecule has 0 bridgehead atoms. The lowest BCUT2D eigenvalue weighted by molar-refractivity contribution is -0.130. The lowest BCUT2D eigenvalue weighted by atomic mass is 10.0. The Labute approximate surface area is 198 Å². The lowest BCUT2D eigenvalue weighted by Gasteiger charge is -2.22. The molecule has 0 unspecified atom stereocenters. The third-order valence-corrected chi connectivity index (χ3v) is 5.10. The van der Waals surface area contributed by atoms with Crippen LogP contribution in [0.25, 0.3) is 0 Å². The van der Waals surface area contributed by atoms with Crippen molar-refractivity contribution in [2.24, 2.45) is 22.2 Å². The van der Waals surface area contributed by atoms with Gasteiger partial charge in [-0.3, -0.25) is 14.6 Å².